The minimum Gasteiger partial charge on any atom is -0.461 e. The molecule has 0 radical (unpaired) electrons. The zero-order chi connectivity index (χ0) is 24.4. The minimum absolute atomic E-state index is 0.234. The van der Waals surface area contributed by atoms with Crippen LogP contribution in [0.1, 0.15) is 12.5 Å². The molecule has 0 amide bonds. The number of allylic oxidation sites excluding steroid dienone is 1. The van der Waals surface area contributed by atoms with Crippen molar-refractivity contribution in [3.63, 3.8) is 0 Å². The fourth-order valence-corrected chi connectivity index (χ4v) is 5.17. The quantitative estimate of drug-likeness (QED) is 0.355. The Morgan fingerprint density at radius 1 is 0.886 bits per heavy atom. The van der Waals surface area contributed by atoms with Crippen molar-refractivity contribution in [1.82, 2.24) is 0 Å². The first-order valence-electron chi connectivity index (χ1n) is 10.9. The maximum atomic E-state index is 12.8. The van der Waals surface area contributed by atoms with Crippen molar-refractivity contribution in [2.45, 2.75) is 11.9 Å². The van der Waals surface area contributed by atoms with Gasteiger partial charge >= 0.3 is 5.97 Å². The van der Waals surface area contributed by atoms with E-state index in [1.165, 1.54) is 11.8 Å². The molecule has 0 bridgehead atoms. The number of hydrogen-bond acceptors (Lipinski definition) is 7. The Bertz CT molecular complexity index is 1330. The molecule has 5 rings (SSSR count). The van der Waals surface area contributed by atoms with Crippen LogP contribution in [-0.4, -0.2) is 28.3 Å². The van der Waals surface area contributed by atoms with Gasteiger partial charge in [-0.2, -0.15) is 10.2 Å². The molecule has 176 valence electrons. The molecule has 2 aliphatic rings. The van der Waals surface area contributed by atoms with Crippen molar-refractivity contribution < 1.29 is 9.53 Å². The molecule has 9 heteroatoms. The lowest BCUT2D eigenvalue weighted by Gasteiger charge is -2.43. The van der Waals surface area contributed by atoms with Gasteiger partial charge in [-0.25, -0.2) is 14.8 Å². The average molecular weight is 523 g/mol. The van der Waals surface area contributed by atoms with Crippen molar-refractivity contribution in [3.05, 3.63) is 107 Å². The lowest BCUT2D eigenvalue weighted by molar-refractivity contribution is -0.134. The highest BCUT2D eigenvalue weighted by molar-refractivity contribution is 8.17. The first kappa shape index (κ1) is 23.5. The predicted molar refractivity (Wildman–Crippen MR) is 144 cm³/mol. The van der Waals surface area contributed by atoms with E-state index in [2.05, 4.69) is 5.10 Å². The van der Waals surface area contributed by atoms with E-state index in [1.54, 1.807) is 24.1 Å². The summed E-state index contributed by atoms with van der Waals surface area (Å²) in [6, 6.07) is 24.6. The molecule has 3 aromatic rings. The second-order valence-corrected chi connectivity index (χ2v) is 9.71. The average Bonchev–Trinajstić information content (AvgIpc) is 3.26. The number of esters is 1. The molecule has 0 aliphatic carbocycles. The highest BCUT2D eigenvalue weighted by Crippen LogP contribution is 2.48. The van der Waals surface area contributed by atoms with Crippen LogP contribution < -0.4 is 10.0 Å². The van der Waals surface area contributed by atoms with Gasteiger partial charge in [-0.3, -0.25) is 0 Å². The smallest absolute Gasteiger partial charge is 0.365 e. The number of ether oxygens (including phenoxy) is 1. The fraction of sp³-hybridized carbons (Fsp3) is 0.115. The van der Waals surface area contributed by atoms with Crippen LogP contribution in [0.25, 0.3) is 0 Å². The topological polar surface area (TPSA) is 57.5 Å². The number of nitrogens with zero attached hydrogens (tertiary/aromatic N) is 4. The van der Waals surface area contributed by atoms with E-state index < -0.39 is 11.0 Å². The Balaban J connectivity index is 1.65. The summed E-state index contributed by atoms with van der Waals surface area (Å²) in [6.07, 6.45) is 3.92. The van der Waals surface area contributed by atoms with Crippen molar-refractivity contribution in [2.75, 3.05) is 16.6 Å². The number of carbonyl (C=O) groups excluding carboxylic acids is 1. The third kappa shape index (κ3) is 4.55. The Labute approximate surface area is 217 Å². The predicted octanol–water partition coefficient (Wildman–Crippen LogP) is 6.56. The summed E-state index contributed by atoms with van der Waals surface area (Å²) in [5, 5.41) is 14.8. The molecule has 0 N–H and O–H groups in total. The van der Waals surface area contributed by atoms with Gasteiger partial charge in [0, 0.05) is 15.6 Å². The molecule has 1 spiro atoms. The number of anilines is 2. The molecular weight excluding hydrogens is 503 g/mol. The molecule has 35 heavy (non-hydrogen) atoms. The number of para-hydroxylation sites is 1. The number of thioether (sulfide) groups is 1. The molecule has 6 nitrogen and oxygen atoms in total. The van der Waals surface area contributed by atoms with E-state index in [4.69, 9.17) is 33.0 Å². The molecular formula is C26H20Cl2N4O2S. The van der Waals surface area contributed by atoms with Crippen LogP contribution >= 0.6 is 35.0 Å². The lowest BCUT2D eigenvalue weighted by atomic mass is 10.1. The molecule has 0 saturated carbocycles. The van der Waals surface area contributed by atoms with Crippen molar-refractivity contribution in [1.29, 1.82) is 0 Å². The van der Waals surface area contributed by atoms with E-state index in [0.29, 0.717) is 10.0 Å². The summed E-state index contributed by atoms with van der Waals surface area (Å²) in [5.41, 5.74) is 3.23. The highest BCUT2D eigenvalue weighted by atomic mass is 35.5. The normalized spacial score (nSPS) is 19.1. The Morgan fingerprint density at radius 3 is 2.14 bits per heavy atom. The number of benzene rings is 3. The Hall–Kier alpha value is -3.26. The first-order valence-corrected chi connectivity index (χ1v) is 12.5. The minimum atomic E-state index is -0.993. The van der Waals surface area contributed by atoms with Crippen molar-refractivity contribution in [3.8, 4) is 0 Å². The lowest BCUT2D eigenvalue weighted by Crippen LogP contribution is -2.53. The van der Waals surface area contributed by atoms with Gasteiger partial charge in [0.2, 0.25) is 10.0 Å². The number of hydrazone groups is 2. The van der Waals surface area contributed by atoms with Crippen LogP contribution in [0.5, 0.6) is 0 Å². The van der Waals surface area contributed by atoms with Crippen LogP contribution in [0.2, 0.25) is 10.0 Å². The largest absolute Gasteiger partial charge is 0.461 e. The van der Waals surface area contributed by atoms with Crippen LogP contribution in [0.15, 0.2) is 101 Å². The number of halogens is 2. The molecule has 1 atom stereocenters. The maximum absolute atomic E-state index is 12.8. The van der Waals surface area contributed by atoms with Gasteiger partial charge in [-0.05, 0) is 79.4 Å². The summed E-state index contributed by atoms with van der Waals surface area (Å²) in [4.78, 5) is 11.8. The van der Waals surface area contributed by atoms with E-state index >= 15 is 0 Å². The second-order valence-electron chi connectivity index (χ2n) is 7.65. The maximum Gasteiger partial charge on any atom is 0.365 e. The standard InChI is InChI=1S/C26H20Cl2N4O2S/c1-2-34-25(33)24-30-32(22-14-12-20(28)13-15-22)26(35-24)17-16-23(18-8-10-19(27)11-9-18)29-31(26)21-6-4-3-5-7-21/h3-17H,2H2,1H3/t26-/m1/s1. The van der Waals surface area contributed by atoms with Gasteiger partial charge in [-0.1, -0.05) is 53.5 Å². The van der Waals surface area contributed by atoms with E-state index in [1.807, 2.05) is 83.9 Å². The summed E-state index contributed by atoms with van der Waals surface area (Å²) >= 11 is 13.5. The number of carbonyl (C=O) groups is 1. The van der Waals surface area contributed by atoms with Crippen molar-refractivity contribution in [2.24, 2.45) is 10.2 Å². The monoisotopic (exact) mass is 522 g/mol. The van der Waals surface area contributed by atoms with Gasteiger partial charge < -0.3 is 4.74 Å². The summed E-state index contributed by atoms with van der Waals surface area (Å²) in [5.74, 6) is -0.484. The fourth-order valence-electron chi connectivity index (χ4n) is 3.76. The molecule has 0 aromatic heterocycles. The molecule has 2 aliphatic heterocycles. The SMILES string of the molecule is CCOC(=O)C1=NN(c2ccc(Cl)cc2)[C@]2(C=CC(c3ccc(Cl)cc3)=NN2c2ccccc2)S1. The zero-order valence-corrected chi connectivity index (χ0v) is 21.0. The van der Waals surface area contributed by atoms with Crippen LogP contribution in [0.3, 0.4) is 0 Å². The second kappa shape index (κ2) is 9.77. The van der Waals surface area contributed by atoms with E-state index in [-0.39, 0.29) is 11.7 Å². The molecule has 3 aromatic carbocycles. The first-order chi connectivity index (χ1) is 17.0. The number of rotatable bonds is 5. The van der Waals surface area contributed by atoms with Crippen molar-refractivity contribution >= 4 is 63.1 Å². The molecule has 0 fully saturated rings. The van der Waals surface area contributed by atoms with Crippen LogP contribution in [-0.2, 0) is 9.53 Å². The van der Waals surface area contributed by atoms with Crippen LogP contribution in [0.4, 0.5) is 11.4 Å². The summed E-state index contributed by atoms with van der Waals surface area (Å²) in [7, 11) is 0. The van der Waals surface area contributed by atoms with Crippen LogP contribution in [0, 0.1) is 0 Å². The number of hydrogen-bond donors (Lipinski definition) is 0. The van der Waals surface area contributed by atoms with Gasteiger partial charge in [0.1, 0.15) is 0 Å². The van der Waals surface area contributed by atoms with Gasteiger partial charge in [-0.15, -0.1) is 0 Å². The Morgan fingerprint density at radius 2 is 1.49 bits per heavy atom. The molecule has 0 saturated heterocycles. The van der Waals surface area contributed by atoms with E-state index in [0.717, 1.165) is 22.6 Å². The summed E-state index contributed by atoms with van der Waals surface area (Å²) in [6.45, 7) is 2.02. The molecule has 2 heterocycles. The van der Waals surface area contributed by atoms with Gasteiger partial charge in [0.05, 0.1) is 23.7 Å². The third-order valence-electron chi connectivity index (χ3n) is 5.37. The molecule has 0 unspecified atom stereocenters. The third-order valence-corrected chi connectivity index (χ3v) is 7.10. The van der Waals surface area contributed by atoms with Gasteiger partial charge in [0.25, 0.3) is 0 Å². The highest BCUT2D eigenvalue weighted by Gasteiger charge is 2.51. The van der Waals surface area contributed by atoms with E-state index in [9.17, 15) is 4.79 Å². The zero-order valence-electron chi connectivity index (χ0n) is 18.6. The van der Waals surface area contributed by atoms with Gasteiger partial charge in [0.15, 0.2) is 0 Å². The Kier molecular flexibility index (Phi) is 6.56. The summed E-state index contributed by atoms with van der Waals surface area (Å²) < 4.78 is 5.28.